The summed E-state index contributed by atoms with van der Waals surface area (Å²) < 4.78 is 0. The Morgan fingerprint density at radius 2 is 1.12 bits per heavy atom. The zero-order valence-electron chi connectivity index (χ0n) is 21.4. The minimum absolute atomic E-state index is 0.0410. The first kappa shape index (κ1) is 26.9. The van der Waals surface area contributed by atoms with Crippen molar-refractivity contribution < 1.29 is 14.4 Å². The van der Waals surface area contributed by atoms with Crippen LogP contribution in [0, 0.1) is 16.7 Å². The van der Waals surface area contributed by atoms with E-state index in [0.29, 0.717) is 5.41 Å². The average molecular weight is 449 g/mol. The van der Waals surface area contributed by atoms with E-state index in [0.717, 1.165) is 38.5 Å². The van der Waals surface area contributed by atoms with E-state index >= 15 is 0 Å². The Morgan fingerprint density at radius 1 is 0.688 bits per heavy atom. The molecule has 0 aliphatic heterocycles. The Morgan fingerprint density at radius 3 is 1.59 bits per heavy atom. The van der Waals surface area contributed by atoms with Crippen molar-refractivity contribution in [1.82, 2.24) is 10.6 Å². The molecule has 0 heterocycles. The van der Waals surface area contributed by atoms with Gasteiger partial charge in [0.05, 0.1) is 6.04 Å². The monoisotopic (exact) mass is 448 g/mol. The van der Waals surface area contributed by atoms with Crippen LogP contribution in [0.2, 0.25) is 0 Å². The predicted molar refractivity (Wildman–Crippen MR) is 130 cm³/mol. The molecule has 2 aliphatic rings. The summed E-state index contributed by atoms with van der Waals surface area (Å²) in [6.45, 7) is 9.56. The zero-order chi connectivity index (χ0) is 23.8. The van der Waals surface area contributed by atoms with Crippen LogP contribution in [-0.4, -0.2) is 29.7 Å². The molecule has 184 valence electrons. The molecule has 2 fully saturated rings. The van der Waals surface area contributed by atoms with Gasteiger partial charge in [-0.25, -0.2) is 0 Å². The lowest BCUT2D eigenvalue weighted by Crippen LogP contribution is -2.55. The molecule has 2 saturated carbocycles. The zero-order valence-corrected chi connectivity index (χ0v) is 21.4. The highest BCUT2D eigenvalue weighted by molar-refractivity contribution is 5.93. The molecule has 32 heavy (non-hydrogen) atoms. The van der Waals surface area contributed by atoms with Gasteiger partial charge in [0.1, 0.15) is 6.04 Å². The number of nitrogens with one attached hydrogen (secondary N) is 2. The highest BCUT2D eigenvalue weighted by Crippen LogP contribution is 2.43. The second kappa shape index (κ2) is 12.2. The van der Waals surface area contributed by atoms with Crippen molar-refractivity contribution in [2.45, 2.75) is 137 Å². The Kier molecular flexibility index (Phi) is 10.2. The molecule has 0 saturated heterocycles. The van der Waals surface area contributed by atoms with E-state index in [4.69, 9.17) is 0 Å². The fourth-order valence-corrected chi connectivity index (χ4v) is 5.72. The molecule has 0 spiro atoms. The summed E-state index contributed by atoms with van der Waals surface area (Å²) in [4.78, 5) is 38.4. The Hall–Kier alpha value is -1.39. The number of amides is 2. The summed E-state index contributed by atoms with van der Waals surface area (Å²) in [5.74, 6) is -0.315. The molecule has 5 nitrogen and oxygen atoms in total. The van der Waals surface area contributed by atoms with Gasteiger partial charge in [0.25, 0.3) is 0 Å². The number of hydrogen-bond donors (Lipinski definition) is 2. The van der Waals surface area contributed by atoms with Crippen LogP contribution in [-0.2, 0) is 14.4 Å². The van der Waals surface area contributed by atoms with Gasteiger partial charge >= 0.3 is 0 Å². The van der Waals surface area contributed by atoms with Gasteiger partial charge in [-0.05, 0) is 63.7 Å². The van der Waals surface area contributed by atoms with Crippen molar-refractivity contribution >= 4 is 17.6 Å². The van der Waals surface area contributed by atoms with Crippen molar-refractivity contribution in [3.63, 3.8) is 0 Å². The summed E-state index contributed by atoms with van der Waals surface area (Å²) in [6, 6.07) is -1.15. The number of carbonyl (C=O) groups excluding carboxylic acids is 3. The number of ketones is 1. The van der Waals surface area contributed by atoms with E-state index in [2.05, 4.69) is 17.6 Å². The van der Waals surface area contributed by atoms with Gasteiger partial charge in [-0.1, -0.05) is 72.1 Å². The van der Waals surface area contributed by atoms with Crippen molar-refractivity contribution in [3.05, 3.63) is 0 Å². The Balaban J connectivity index is 2.21. The number of Topliss-reactive ketones (excluding diaryl/α,β-unsaturated/α-hetero) is 1. The van der Waals surface area contributed by atoms with Gasteiger partial charge in [0.2, 0.25) is 11.8 Å². The van der Waals surface area contributed by atoms with E-state index in [1.54, 1.807) is 6.92 Å². The molecule has 5 heteroatoms. The Labute approximate surface area is 196 Å². The molecule has 2 N–H and O–H groups in total. The van der Waals surface area contributed by atoms with Crippen LogP contribution in [0.1, 0.15) is 125 Å². The lowest BCUT2D eigenvalue weighted by molar-refractivity contribution is -0.138. The molecule has 0 radical (unpaired) electrons. The summed E-state index contributed by atoms with van der Waals surface area (Å²) >= 11 is 0. The number of fused-ring (bicyclic) bond motifs is 5. The lowest BCUT2D eigenvalue weighted by atomic mass is 9.73. The summed E-state index contributed by atoms with van der Waals surface area (Å²) in [7, 11) is 0. The molecule has 0 aromatic heterocycles. The second-order valence-corrected chi connectivity index (χ2v) is 11.5. The predicted octanol–water partition coefficient (Wildman–Crippen LogP) is 5.70. The Bertz CT molecular complexity index is 629. The van der Waals surface area contributed by atoms with E-state index < -0.39 is 12.1 Å². The van der Waals surface area contributed by atoms with E-state index in [1.165, 1.54) is 58.3 Å². The molecular formula is C27H48N2O3. The van der Waals surface area contributed by atoms with Crippen LogP contribution in [0.3, 0.4) is 0 Å². The molecule has 2 rings (SSSR count). The first-order valence-corrected chi connectivity index (χ1v) is 13.2. The topological polar surface area (TPSA) is 75.3 Å². The standard InChI is InChI=1S/C27H48N2O3/c1-20(2)23(24(31)28-21(3)22(4)30)29-25(32)27-17-10-6-8-14-26(5,16-12-13-19-27)15-9-7-11-18-27/h20-21,23H,6-19H2,1-5H3,(H,28,31)(H,29,32)/t21-,23-,26?,27?/m0/s1. The fourth-order valence-electron chi connectivity index (χ4n) is 5.72. The van der Waals surface area contributed by atoms with Crippen LogP contribution in [0.25, 0.3) is 0 Å². The minimum Gasteiger partial charge on any atom is -0.345 e. The van der Waals surface area contributed by atoms with Gasteiger partial charge in [-0.2, -0.15) is 0 Å². The highest BCUT2D eigenvalue weighted by atomic mass is 16.2. The molecule has 0 unspecified atom stereocenters. The minimum atomic E-state index is -0.613. The third-order valence-electron chi connectivity index (χ3n) is 8.24. The van der Waals surface area contributed by atoms with Crippen molar-refractivity contribution in [3.8, 4) is 0 Å². The lowest BCUT2D eigenvalue weighted by Gasteiger charge is -2.35. The maximum absolute atomic E-state index is 13.8. The van der Waals surface area contributed by atoms with Crippen LogP contribution in [0.4, 0.5) is 0 Å². The first-order valence-electron chi connectivity index (χ1n) is 13.2. The molecule has 2 amide bonds. The number of rotatable bonds is 6. The van der Waals surface area contributed by atoms with Crippen LogP contribution < -0.4 is 10.6 Å². The van der Waals surface area contributed by atoms with Crippen molar-refractivity contribution in [1.29, 1.82) is 0 Å². The quantitative estimate of drug-likeness (QED) is 0.547. The van der Waals surface area contributed by atoms with E-state index in [-0.39, 0.29) is 28.9 Å². The first-order chi connectivity index (χ1) is 15.1. The van der Waals surface area contributed by atoms with E-state index in [1.807, 2.05) is 13.8 Å². The van der Waals surface area contributed by atoms with Gasteiger partial charge in [-0.3, -0.25) is 14.4 Å². The maximum atomic E-state index is 13.8. The maximum Gasteiger partial charge on any atom is 0.243 e. The average Bonchev–Trinajstić information content (AvgIpc) is 2.78. The molecule has 2 aliphatic carbocycles. The SMILES string of the molecule is CC(=O)[C@H](C)NC(=O)[C@@H](NC(=O)C12CCCCCC(C)(CCCCC1)CCCC2)C(C)C. The largest absolute Gasteiger partial charge is 0.345 e. The van der Waals surface area contributed by atoms with Crippen LogP contribution >= 0.6 is 0 Å². The molecule has 0 aromatic carbocycles. The van der Waals surface area contributed by atoms with Crippen LogP contribution in [0.15, 0.2) is 0 Å². The molecule has 2 bridgehead atoms. The highest BCUT2D eigenvalue weighted by Gasteiger charge is 2.40. The summed E-state index contributed by atoms with van der Waals surface area (Å²) in [5, 5.41) is 5.94. The van der Waals surface area contributed by atoms with Gasteiger partial charge in [0, 0.05) is 5.41 Å². The number of carbonyl (C=O) groups is 3. The smallest absolute Gasteiger partial charge is 0.243 e. The molecule has 0 aromatic rings. The molecular weight excluding hydrogens is 400 g/mol. The van der Waals surface area contributed by atoms with E-state index in [9.17, 15) is 14.4 Å². The third kappa shape index (κ3) is 7.59. The van der Waals surface area contributed by atoms with Crippen molar-refractivity contribution in [2.24, 2.45) is 16.7 Å². The number of hydrogen-bond acceptors (Lipinski definition) is 3. The van der Waals surface area contributed by atoms with Crippen molar-refractivity contribution in [2.75, 3.05) is 0 Å². The molecule has 2 atom stereocenters. The van der Waals surface area contributed by atoms with Crippen LogP contribution in [0.5, 0.6) is 0 Å². The fraction of sp³-hybridized carbons (Fsp3) is 0.889. The third-order valence-corrected chi connectivity index (χ3v) is 8.24. The normalized spacial score (nSPS) is 29.6. The summed E-state index contributed by atoms with van der Waals surface area (Å²) in [5.41, 5.74) is 0.0958. The van der Waals surface area contributed by atoms with Gasteiger partial charge in [0.15, 0.2) is 5.78 Å². The summed E-state index contributed by atoms with van der Waals surface area (Å²) in [6.07, 6.45) is 16.0. The van der Waals surface area contributed by atoms with Gasteiger partial charge < -0.3 is 10.6 Å². The van der Waals surface area contributed by atoms with Gasteiger partial charge in [-0.15, -0.1) is 0 Å². The second-order valence-electron chi connectivity index (χ2n) is 11.5.